The molecule has 0 aromatic heterocycles. The van der Waals surface area contributed by atoms with Gasteiger partial charge in [-0.25, -0.2) is 4.79 Å². The van der Waals surface area contributed by atoms with E-state index in [-0.39, 0.29) is 35.5 Å². The smallest absolute Gasteiger partial charge is 0.395 e. The van der Waals surface area contributed by atoms with E-state index in [4.69, 9.17) is 28.3 Å². The van der Waals surface area contributed by atoms with Gasteiger partial charge in [0.1, 0.15) is 0 Å². The van der Waals surface area contributed by atoms with Crippen molar-refractivity contribution in [3.8, 4) is 0 Å². The second kappa shape index (κ2) is 26.7. The molecule has 0 radical (unpaired) electrons. The number of aliphatic hydroxyl groups is 1. The molecular weight excluding hydrogens is 953 g/mol. The van der Waals surface area contributed by atoms with E-state index in [1.165, 1.54) is 6.92 Å². The van der Waals surface area contributed by atoms with Crippen molar-refractivity contribution >= 4 is 143 Å². The Hall–Kier alpha value is 1.77. The van der Waals surface area contributed by atoms with Crippen LogP contribution in [0.3, 0.4) is 0 Å². The van der Waals surface area contributed by atoms with Gasteiger partial charge in [0.05, 0.1) is 6.61 Å². The van der Waals surface area contributed by atoms with E-state index in [0.717, 1.165) is 0 Å². The molecule has 0 aliphatic rings. The minimum absolute atomic E-state index is 0. The molecule has 0 spiro atoms. The molecule has 5 nitrogen and oxygen atoms in total. The second-order valence-corrected chi connectivity index (χ2v) is 12.2. The standard InChI is InChI=1S/C4H5BrF2O2.C2Br2Cl2F2.2C2BrClF2O.C2H6O.3CH4/c1-2-9-3(8)4(5,6)7;3-1(5,6)2(4,7)8;2*3-2(5,6)1(4)7;1-2-3;;;/h2H2,1H3;;;;3H,2H2,1H3;3*1H4. The Kier molecular flexibility index (Phi) is 42.1. The summed E-state index contributed by atoms with van der Waals surface area (Å²) in [6.45, 7) is 3.34. The molecule has 0 aromatic rings. The fraction of sp³-hybridized carbons (Fsp3) is 0.800. The van der Waals surface area contributed by atoms with Crippen LogP contribution in [0, 0.1) is 0 Å². The maximum Gasteiger partial charge on any atom is 0.395 e. The summed E-state index contributed by atoms with van der Waals surface area (Å²) in [7, 11) is 0. The topological polar surface area (TPSA) is 80.7 Å². The van der Waals surface area contributed by atoms with Crippen molar-refractivity contribution in [2.75, 3.05) is 13.2 Å². The lowest BCUT2D eigenvalue weighted by Gasteiger charge is -2.16. The van der Waals surface area contributed by atoms with Gasteiger partial charge in [-0.05, 0) is 68.9 Å². The van der Waals surface area contributed by atoms with Crippen molar-refractivity contribution in [1.82, 2.24) is 0 Å². The normalized spacial score (nSPS) is 10.6. The lowest BCUT2D eigenvalue weighted by atomic mass is 10.7. The van der Waals surface area contributed by atoms with Crippen LogP contribution in [-0.4, -0.2) is 57.3 Å². The molecule has 0 bridgehead atoms. The van der Waals surface area contributed by atoms with Crippen LogP contribution in [0.4, 0.5) is 35.1 Å². The summed E-state index contributed by atoms with van der Waals surface area (Å²) in [4.78, 5) is 15.0. The van der Waals surface area contributed by atoms with Crippen LogP contribution in [0.5, 0.6) is 0 Å². The molecule has 0 aliphatic heterocycles. The first kappa shape index (κ1) is 58.4. The fourth-order valence-corrected chi connectivity index (χ4v) is 0.327. The van der Waals surface area contributed by atoms with E-state index in [1.54, 1.807) is 38.8 Å². The van der Waals surface area contributed by atoms with Gasteiger partial charge in [0.2, 0.25) is 3.24 Å². The number of halogens is 17. The Morgan fingerprint density at radius 2 is 0.865 bits per heavy atom. The third-order valence-corrected chi connectivity index (χ3v) is 5.81. The summed E-state index contributed by atoms with van der Waals surface area (Å²) in [5.41, 5.74) is 0. The van der Waals surface area contributed by atoms with Crippen molar-refractivity contribution in [3.63, 3.8) is 0 Å². The highest BCUT2D eigenvalue weighted by Crippen LogP contribution is 2.47. The Morgan fingerprint density at radius 1 is 0.703 bits per heavy atom. The van der Waals surface area contributed by atoms with Crippen molar-refractivity contribution in [3.05, 3.63) is 0 Å². The predicted molar refractivity (Wildman–Crippen MR) is 150 cm³/mol. The van der Waals surface area contributed by atoms with Crippen molar-refractivity contribution in [2.24, 2.45) is 0 Å². The van der Waals surface area contributed by atoms with Gasteiger partial charge in [-0.2, -0.15) is 35.1 Å². The summed E-state index contributed by atoms with van der Waals surface area (Å²) in [6.07, 6.45) is 0. The molecule has 37 heavy (non-hydrogen) atoms. The number of aliphatic hydroxyl groups excluding tert-OH is 1. The van der Waals surface area contributed by atoms with Crippen LogP contribution in [0.15, 0.2) is 0 Å². The quantitative estimate of drug-likeness (QED) is 0.129. The number of carbonyl (C=O) groups excluding carboxylic acids is 3. The average molecular weight is 977 g/mol. The maximum atomic E-state index is 11.8. The van der Waals surface area contributed by atoms with Crippen molar-refractivity contribution in [1.29, 1.82) is 0 Å². The van der Waals surface area contributed by atoms with E-state index in [2.05, 4.69) is 43.9 Å². The fourth-order valence-electron chi connectivity index (χ4n) is 0.213. The zero-order chi connectivity index (χ0) is 29.4. The molecule has 0 unspecified atom stereocenters. The van der Waals surface area contributed by atoms with Crippen LogP contribution in [0.2, 0.25) is 0 Å². The highest BCUT2D eigenvalue weighted by Gasteiger charge is 2.47. The summed E-state index contributed by atoms with van der Waals surface area (Å²) in [6, 6.07) is 0. The van der Waals surface area contributed by atoms with Crippen LogP contribution in [-0.2, 0) is 19.1 Å². The summed E-state index contributed by atoms with van der Waals surface area (Å²) in [5.74, 6) is -1.55. The zero-order valence-electron chi connectivity index (χ0n) is 15.9. The van der Waals surface area contributed by atoms with Crippen LogP contribution in [0.25, 0.3) is 0 Å². The van der Waals surface area contributed by atoms with Gasteiger partial charge in [0, 0.05) is 54.4 Å². The average Bonchev–Trinajstić information content (AvgIpc) is 2.53. The number of carbonyl (C=O) groups is 3. The Bertz CT molecular complexity index is 562. The van der Waals surface area contributed by atoms with E-state index in [1.807, 2.05) is 31.9 Å². The molecule has 0 aliphatic carbocycles. The lowest BCUT2D eigenvalue weighted by molar-refractivity contribution is -0.158. The number of hydrogen-bond donors (Lipinski definition) is 1. The SMILES string of the molecule is C.C.C.CCO.CCOC(=O)C(F)(F)Br.FC(F)(Br)C(Cl)(Cl)Br.O=C(Cl)C(F)(F)Br.O=C(Cl)C(F)(F)Br. The van der Waals surface area contributed by atoms with Gasteiger partial charge in [0.25, 0.3) is 0 Å². The van der Waals surface area contributed by atoms with Crippen molar-refractivity contribution < 1.29 is 59.4 Å². The highest BCUT2D eigenvalue weighted by atomic mass is 79.9. The minimum Gasteiger partial charge on any atom is -0.461 e. The van der Waals surface area contributed by atoms with E-state index < -0.39 is 39.0 Å². The van der Waals surface area contributed by atoms with Gasteiger partial charge < -0.3 is 9.84 Å². The molecule has 0 atom stereocenters. The van der Waals surface area contributed by atoms with Gasteiger partial charge >= 0.3 is 35.8 Å². The van der Waals surface area contributed by atoms with Gasteiger partial charge in [0.15, 0.2) is 0 Å². The highest BCUT2D eigenvalue weighted by molar-refractivity contribution is 9.13. The third kappa shape index (κ3) is 47.9. The molecule has 1 N–H and O–H groups in total. The van der Waals surface area contributed by atoms with E-state index in [0.29, 0.717) is 0 Å². The zero-order valence-corrected chi connectivity index (χ0v) is 26.9. The molecule has 232 valence electrons. The molecule has 0 fully saturated rings. The summed E-state index contributed by atoms with van der Waals surface area (Å²) in [5, 5.41) is 4.17. The predicted octanol–water partition coefficient (Wildman–Crippen LogP) is 10.4. The summed E-state index contributed by atoms with van der Waals surface area (Å²) < 4.78 is 94.0. The van der Waals surface area contributed by atoms with Crippen LogP contribution >= 0.6 is 126 Å². The molecule has 22 heteroatoms. The number of rotatable bonds is 5. The van der Waals surface area contributed by atoms with E-state index >= 15 is 0 Å². The van der Waals surface area contributed by atoms with E-state index in [9.17, 15) is 49.5 Å². The Labute approximate surface area is 271 Å². The Morgan fingerprint density at radius 3 is 0.892 bits per heavy atom. The third-order valence-electron chi connectivity index (χ3n) is 1.27. The molecular formula is C15H23Br5Cl4F8O5. The summed E-state index contributed by atoms with van der Waals surface area (Å²) >= 11 is 28.0. The number of alkyl halides is 15. The van der Waals surface area contributed by atoms with Gasteiger partial charge in [-0.3, -0.25) is 9.59 Å². The number of esters is 1. The molecule has 0 saturated heterocycles. The number of hydrogen-bond acceptors (Lipinski definition) is 5. The molecule has 0 rings (SSSR count). The minimum atomic E-state index is -3.56. The van der Waals surface area contributed by atoms with Crippen LogP contribution in [0.1, 0.15) is 36.1 Å². The monoisotopic (exact) mass is 970 g/mol. The first-order valence-corrected chi connectivity index (χ1v) is 12.5. The molecule has 0 amide bonds. The first-order valence-electron chi connectivity index (χ1n) is 7.05. The molecule has 0 saturated carbocycles. The second-order valence-electron chi connectivity index (χ2n) is 4.07. The first-order chi connectivity index (χ1) is 14.5. The lowest BCUT2D eigenvalue weighted by Crippen LogP contribution is -2.24. The molecule has 0 aromatic carbocycles. The largest absolute Gasteiger partial charge is 0.461 e. The Balaban J connectivity index is -0.0000000477. The number of ether oxygens (including phenoxy) is 1. The van der Waals surface area contributed by atoms with Crippen molar-refractivity contribution in [2.45, 2.75) is 58.7 Å². The van der Waals surface area contributed by atoms with Gasteiger partial charge in [-0.1, -0.05) is 45.5 Å². The molecule has 0 heterocycles. The maximum absolute atomic E-state index is 11.8. The van der Waals surface area contributed by atoms with Gasteiger partial charge in [-0.15, -0.1) is 0 Å². The van der Waals surface area contributed by atoms with Crippen LogP contribution < -0.4 is 0 Å².